The maximum absolute atomic E-state index is 13.0. The fourth-order valence-electron chi connectivity index (χ4n) is 2.90. The van der Waals surface area contributed by atoms with Crippen LogP contribution in [0.15, 0.2) is 48.5 Å². The Morgan fingerprint density at radius 1 is 0.622 bits per heavy atom. The number of carbonyl (C=O) groups excluding carboxylic acids is 2. The summed E-state index contributed by atoms with van der Waals surface area (Å²) >= 11 is 0. The van der Waals surface area contributed by atoms with Crippen LogP contribution in [0.4, 0.5) is 37.7 Å². The number of anilines is 2. The second-order valence-electron chi connectivity index (χ2n) is 7.81. The van der Waals surface area contributed by atoms with E-state index in [-0.39, 0.29) is 11.4 Å². The predicted octanol–water partition coefficient (Wildman–Crippen LogP) is 3.46. The summed E-state index contributed by atoms with van der Waals surface area (Å²) in [5.74, 6) is -3.16. The summed E-state index contributed by atoms with van der Waals surface area (Å²) in [6.07, 6.45) is 0. The highest BCUT2D eigenvalue weighted by Crippen LogP contribution is 2.39. The lowest BCUT2D eigenvalue weighted by atomic mass is 9.93. The van der Waals surface area contributed by atoms with Crippen LogP contribution < -0.4 is 18.4 Å². The fraction of sp³-hybridized carbons (Fsp3) is 0.263. The summed E-state index contributed by atoms with van der Waals surface area (Å²) < 4.78 is 128. The highest BCUT2D eigenvalue weighted by Gasteiger charge is 2.54. The maximum atomic E-state index is 13.0. The molecule has 1 saturated heterocycles. The van der Waals surface area contributed by atoms with E-state index in [1.807, 2.05) is 0 Å². The van der Waals surface area contributed by atoms with E-state index in [2.05, 4.69) is 8.37 Å². The monoisotopic (exact) mass is 576 g/mol. The number of nitrogens with zero attached hydrogens (tertiary/aromatic N) is 2. The fourth-order valence-corrected chi connectivity index (χ4v) is 3.82. The van der Waals surface area contributed by atoms with Gasteiger partial charge in [-0.15, -0.1) is 0 Å². The minimum absolute atomic E-state index is 0.124. The van der Waals surface area contributed by atoms with Gasteiger partial charge in [0.25, 0.3) is 11.8 Å². The number of halogens is 6. The topological polar surface area (TPSA) is 127 Å². The molecule has 0 bridgehead atoms. The first-order valence-corrected chi connectivity index (χ1v) is 12.4. The third-order valence-corrected chi connectivity index (χ3v) is 6.75. The molecule has 3 rings (SSSR count). The Bertz CT molecular complexity index is 1330. The molecule has 0 saturated carbocycles. The third kappa shape index (κ3) is 5.15. The standard InChI is InChI=1S/C19H14F6N2O8S2/c1-17(2)15(28)26(11-3-7-13(8-4-11)34-36(30,31)18(20,21)22)27(16(17)29)12-5-9-14(10-6-12)35-37(32,33)19(23,24)25/h3-10H,1-2H3. The molecule has 1 fully saturated rings. The smallest absolute Gasteiger partial charge is 0.376 e. The van der Waals surface area contributed by atoms with Gasteiger partial charge >= 0.3 is 31.3 Å². The first-order valence-electron chi connectivity index (χ1n) is 9.60. The lowest BCUT2D eigenvalue weighted by Gasteiger charge is -2.28. The SMILES string of the molecule is CC1(C)C(=O)N(c2ccc(OS(=O)(=O)C(F)(F)F)cc2)N(c2ccc(OS(=O)(=O)C(F)(F)F)cc2)C1=O. The summed E-state index contributed by atoms with van der Waals surface area (Å²) in [7, 11) is -11.9. The van der Waals surface area contributed by atoms with Crippen LogP contribution >= 0.6 is 0 Å². The second-order valence-corrected chi connectivity index (χ2v) is 10.9. The van der Waals surface area contributed by atoms with Crippen molar-refractivity contribution in [2.24, 2.45) is 5.41 Å². The van der Waals surface area contributed by atoms with Crippen molar-refractivity contribution in [1.82, 2.24) is 0 Å². The first kappa shape index (κ1) is 28.0. The van der Waals surface area contributed by atoms with Gasteiger partial charge in [-0.05, 0) is 62.4 Å². The molecule has 0 unspecified atom stereocenters. The lowest BCUT2D eigenvalue weighted by Crippen LogP contribution is -2.41. The molecule has 0 atom stereocenters. The summed E-state index contributed by atoms with van der Waals surface area (Å²) in [5, 5.41) is 1.57. The van der Waals surface area contributed by atoms with Crippen LogP contribution in [0.5, 0.6) is 11.5 Å². The number of benzene rings is 2. The van der Waals surface area contributed by atoms with E-state index in [0.29, 0.717) is 0 Å². The summed E-state index contributed by atoms with van der Waals surface area (Å²) in [4.78, 5) is 26.0. The van der Waals surface area contributed by atoms with Crippen LogP contribution in [0.25, 0.3) is 0 Å². The molecular weight excluding hydrogens is 562 g/mol. The first-order chi connectivity index (χ1) is 16.7. The van der Waals surface area contributed by atoms with Gasteiger partial charge in [0, 0.05) is 0 Å². The minimum Gasteiger partial charge on any atom is -0.376 e. The quantitative estimate of drug-likeness (QED) is 0.222. The van der Waals surface area contributed by atoms with Gasteiger partial charge in [0.15, 0.2) is 0 Å². The average Bonchev–Trinajstić information content (AvgIpc) is 2.93. The Labute approximate surface area is 205 Å². The van der Waals surface area contributed by atoms with Gasteiger partial charge in [0.2, 0.25) is 0 Å². The Kier molecular flexibility index (Phi) is 6.66. The van der Waals surface area contributed by atoms with E-state index in [4.69, 9.17) is 0 Å². The second kappa shape index (κ2) is 8.79. The van der Waals surface area contributed by atoms with Gasteiger partial charge in [0.05, 0.1) is 11.4 Å². The third-order valence-electron chi connectivity index (χ3n) is 4.80. The molecule has 0 aliphatic carbocycles. The van der Waals surface area contributed by atoms with Gasteiger partial charge in [0.1, 0.15) is 16.9 Å². The van der Waals surface area contributed by atoms with Crippen molar-refractivity contribution in [2.45, 2.75) is 24.9 Å². The average molecular weight is 576 g/mol. The van der Waals surface area contributed by atoms with Gasteiger partial charge in [-0.25, -0.2) is 10.0 Å². The molecule has 0 aromatic heterocycles. The van der Waals surface area contributed by atoms with Crippen LogP contribution in [0.3, 0.4) is 0 Å². The van der Waals surface area contributed by atoms with E-state index in [1.54, 1.807) is 0 Å². The molecule has 2 amide bonds. The van der Waals surface area contributed by atoms with Gasteiger partial charge in [-0.3, -0.25) is 9.59 Å². The highest BCUT2D eigenvalue weighted by atomic mass is 32.2. The Balaban J connectivity index is 1.95. The molecule has 18 heteroatoms. The van der Waals surface area contributed by atoms with Crippen LogP contribution in [-0.4, -0.2) is 39.7 Å². The van der Waals surface area contributed by atoms with Crippen molar-refractivity contribution in [3.8, 4) is 11.5 Å². The Morgan fingerprint density at radius 2 is 0.892 bits per heavy atom. The molecule has 1 aliphatic heterocycles. The zero-order valence-electron chi connectivity index (χ0n) is 18.4. The van der Waals surface area contributed by atoms with Crippen LogP contribution in [0, 0.1) is 5.41 Å². The number of hydrogen-bond donors (Lipinski definition) is 0. The van der Waals surface area contributed by atoms with E-state index >= 15 is 0 Å². The van der Waals surface area contributed by atoms with Crippen molar-refractivity contribution in [3.63, 3.8) is 0 Å². The molecule has 202 valence electrons. The number of rotatable bonds is 6. The molecule has 0 radical (unpaired) electrons. The van der Waals surface area contributed by atoms with E-state index in [0.717, 1.165) is 58.5 Å². The van der Waals surface area contributed by atoms with Gasteiger partial charge in [-0.2, -0.15) is 43.2 Å². The zero-order valence-corrected chi connectivity index (χ0v) is 20.0. The van der Waals surface area contributed by atoms with Crippen molar-refractivity contribution in [2.75, 3.05) is 10.0 Å². The van der Waals surface area contributed by atoms with Crippen molar-refractivity contribution in [3.05, 3.63) is 48.5 Å². The van der Waals surface area contributed by atoms with Crippen molar-refractivity contribution in [1.29, 1.82) is 0 Å². The van der Waals surface area contributed by atoms with E-state index < -0.39 is 60.0 Å². The molecule has 1 heterocycles. The summed E-state index contributed by atoms with van der Waals surface area (Å²) in [5.41, 5.74) is -13.3. The molecule has 2 aromatic rings. The number of alkyl halides is 6. The van der Waals surface area contributed by atoms with Crippen molar-refractivity contribution < 1.29 is 61.1 Å². The number of hydrazine groups is 1. The van der Waals surface area contributed by atoms with Crippen LogP contribution in [-0.2, 0) is 29.8 Å². The van der Waals surface area contributed by atoms with Crippen LogP contribution in [0.1, 0.15) is 13.8 Å². The minimum atomic E-state index is -5.97. The van der Waals surface area contributed by atoms with Crippen molar-refractivity contribution >= 4 is 43.4 Å². The zero-order chi connectivity index (χ0) is 28.2. The summed E-state index contributed by atoms with van der Waals surface area (Å²) in [6, 6.07) is 7.08. The lowest BCUT2D eigenvalue weighted by molar-refractivity contribution is -0.132. The molecular formula is C19H14F6N2O8S2. The maximum Gasteiger partial charge on any atom is 0.534 e. The Morgan fingerprint density at radius 3 is 1.14 bits per heavy atom. The molecule has 10 nitrogen and oxygen atoms in total. The number of carbonyl (C=O) groups is 2. The van der Waals surface area contributed by atoms with E-state index in [1.165, 1.54) is 13.8 Å². The molecule has 2 aromatic carbocycles. The van der Waals surface area contributed by atoms with Crippen LogP contribution in [0.2, 0.25) is 0 Å². The molecule has 37 heavy (non-hydrogen) atoms. The highest BCUT2D eigenvalue weighted by molar-refractivity contribution is 7.88. The number of amides is 2. The normalized spacial score (nSPS) is 16.8. The largest absolute Gasteiger partial charge is 0.534 e. The van der Waals surface area contributed by atoms with Gasteiger partial charge in [-0.1, -0.05) is 0 Å². The summed E-state index contributed by atoms with van der Waals surface area (Å²) in [6.45, 7) is 2.51. The van der Waals surface area contributed by atoms with E-state index in [9.17, 15) is 52.8 Å². The number of hydrogen-bond acceptors (Lipinski definition) is 8. The predicted molar refractivity (Wildman–Crippen MR) is 113 cm³/mol. The van der Waals surface area contributed by atoms with Gasteiger partial charge < -0.3 is 8.37 Å². The molecule has 1 aliphatic rings. The molecule has 0 spiro atoms. The Hall–Kier alpha value is -3.54. The molecule has 0 N–H and O–H groups in total.